The molecule has 1 aliphatic rings. The van der Waals surface area contributed by atoms with E-state index in [9.17, 15) is 10.1 Å². The van der Waals surface area contributed by atoms with Crippen molar-refractivity contribution < 1.29 is 14.3 Å². The van der Waals surface area contributed by atoms with Crippen molar-refractivity contribution in [3.8, 4) is 11.8 Å². The molecule has 0 fully saturated rings. The summed E-state index contributed by atoms with van der Waals surface area (Å²) in [6, 6.07) is 15.1. The van der Waals surface area contributed by atoms with E-state index in [0.29, 0.717) is 17.7 Å². The number of nitriles is 1. The van der Waals surface area contributed by atoms with Crippen LogP contribution in [0, 0.1) is 11.3 Å². The first kappa shape index (κ1) is 18.1. The Morgan fingerprint density at radius 1 is 1.36 bits per heavy atom. The lowest BCUT2D eigenvalue weighted by atomic mass is 9.88. The first-order valence-corrected chi connectivity index (χ1v) is 9.30. The highest BCUT2D eigenvalue weighted by Gasteiger charge is 2.37. The highest BCUT2D eigenvalue weighted by molar-refractivity contribution is 5.91. The summed E-state index contributed by atoms with van der Waals surface area (Å²) in [7, 11) is 0. The molecule has 2 aromatic carbocycles. The molecule has 0 radical (unpaired) electrons. The number of nitrogens with zero attached hydrogens (tertiary/aromatic N) is 3. The zero-order chi connectivity index (χ0) is 19.9. The molecule has 0 aliphatic carbocycles. The predicted molar refractivity (Wildman–Crippen MR) is 104 cm³/mol. The number of hydrogen-bond acceptors (Lipinski definition) is 5. The standard InChI is InChI=1S/C22H21N3O3/c1-4-27-21(26)20-24-16-7-5-6-8-17(16)25(20)18-12-22(2,3)28-19-11-14(13-23)9-10-15(18)19/h5-11,18H,4,12H2,1-3H3/t18-/m1/s1. The number of carbonyl (C=O) groups is 1. The summed E-state index contributed by atoms with van der Waals surface area (Å²) in [5.74, 6) is 0.493. The number of rotatable bonds is 3. The van der Waals surface area contributed by atoms with Crippen LogP contribution in [0.5, 0.6) is 5.75 Å². The summed E-state index contributed by atoms with van der Waals surface area (Å²) >= 11 is 0. The molecular formula is C22H21N3O3. The van der Waals surface area contributed by atoms with Gasteiger partial charge in [0.15, 0.2) is 0 Å². The van der Waals surface area contributed by atoms with Gasteiger partial charge >= 0.3 is 5.97 Å². The van der Waals surface area contributed by atoms with Gasteiger partial charge in [0.25, 0.3) is 0 Å². The first-order chi connectivity index (χ1) is 13.4. The predicted octanol–water partition coefficient (Wildman–Crippen LogP) is 4.24. The number of aromatic nitrogens is 2. The lowest BCUT2D eigenvalue weighted by Crippen LogP contribution is -2.37. The van der Waals surface area contributed by atoms with Gasteiger partial charge in [0.2, 0.25) is 5.82 Å². The Labute approximate surface area is 163 Å². The van der Waals surface area contributed by atoms with Crippen LogP contribution >= 0.6 is 0 Å². The molecule has 6 heteroatoms. The first-order valence-electron chi connectivity index (χ1n) is 9.30. The Bertz CT molecular complexity index is 1110. The summed E-state index contributed by atoms with van der Waals surface area (Å²) < 4.78 is 13.4. The van der Waals surface area contributed by atoms with Crippen molar-refractivity contribution in [2.45, 2.75) is 38.8 Å². The second-order valence-electron chi connectivity index (χ2n) is 7.46. The summed E-state index contributed by atoms with van der Waals surface area (Å²) in [6.07, 6.45) is 0.651. The molecule has 28 heavy (non-hydrogen) atoms. The van der Waals surface area contributed by atoms with Gasteiger partial charge < -0.3 is 14.0 Å². The minimum Gasteiger partial charge on any atom is -0.487 e. The minimum absolute atomic E-state index is 0.168. The lowest BCUT2D eigenvalue weighted by molar-refractivity contribution is 0.0480. The molecule has 0 saturated carbocycles. The summed E-state index contributed by atoms with van der Waals surface area (Å²) in [6.45, 7) is 6.07. The van der Waals surface area contributed by atoms with Gasteiger partial charge in [-0.15, -0.1) is 0 Å². The van der Waals surface area contributed by atoms with Crippen LogP contribution in [0.1, 0.15) is 55.0 Å². The second-order valence-corrected chi connectivity index (χ2v) is 7.46. The summed E-state index contributed by atoms with van der Waals surface area (Å²) in [5.41, 5.74) is 2.60. The smallest absolute Gasteiger partial charge is 0.374 e. The number of carbonyl (C=O) groups excluding carboxylic acids is 1. The van der Waals surface area contributed by atoms with E-state index in [1.54, 1.807) is 19.1 Å². The van der Waals surface area contributed by atoms with Crippen LogP contribution in [0.2, 0.25) is 0 Å². The molecular weight excluding hydrogens is 354 g/mol. The zero-order valence-electron chi connectivity index (χ0n) is 16.1. The number of hydrogen-bond donors (Lipinski definition) is 0. The van der Waals surface area contributed by atoms with Gasteiger partial charge in [-0.25, -0.2) is 9.78 Å². The maximum Gasteiger partial charge on any atom is 0.374 e. The number of ether oxygens (including phenoxy) is 2. The van der Waals surface area contributed by atoms with E-state index in [0.717, 1.165) is 16.6 Å². The largest absolute Gasteiger partial charge is 0.487 e. The van der Waals surface area contributed by atoms with Gasteiger partial charge in [-0.1, -0.05) is 18.2 Å². The van der Waals surface area contributed by atoms with E-state index >= 15 is 0 Å². The summed E-state index contributed by atoms with van der Waals surface area (Å²) in [5, 5.41) is 9.25. The Morgan fingerprint density at radius 3 is 2.89 bits per heavy atom. The van der Waals surface area contributed by atoms with Gasteiger partial charge in [0.05, 0.1) is 35.3 Å². The van der Waals surface area contributed by atoms with Crippen molar-refractivity contribution in [1.82, 2.24) is 9.55 Å². The van der Waals surface area contributed by atoms with E-state index in [2.05, 4.69) is 11.1 Å². The van der Waals surface area contributed by atoms with Crippen molar-refractivity contribution in [3.63, 3.8) is 0 Å². The Balaban J connectivity index is 1.96. The van der Waals surface area contributed by atoms with Gasteiger partial charge in [-0.2, -0.15) is 5.26 Å². The molecule has 4 rings (SSSR count). The van der Waals surface area contributed by atoms with Crippen LogP contribution in [-0.4, -0.2) is 27.7 Å². The molecule has 0 amide bonds. The fourth-order valence-corrected chi connectivity index (χ4v) is 3.81. The molecule has 2 heterocycles. The second kappa shape index (κ2) is 6.68. The topological polar surface area (TPSA) is 77.1 Å². The number of imidazole rings is 1. The lowest BCUT2D eigenvalue weighted by Gasteiger charge is -2.38. The normalized spacial score (nSPS) is 17.4. The van der Waals surface area contributed by atoms with Gasteiger partial charge in [0, 0.05) is 12.0 Å². The van der Waals surface area contributed by atoms with E-state index in [1.807, 2.05) is 48.7 Å². The molecule has 0 saturated heterocycles. The van der Waals surface area contributed by atoms with E-state index in [4.69, 9.17) is 9.47 Å². The SMILES string of the molecule is CCOC(=O)c1nc2ccccc2n1[C@@H]1CC(C)(C)Oc2cc(C#N)ccc21. The van der Waals surface area contributed by atoms with Crippen LogP contribution in [0.25, 0.3) is 11.0 Å². The number of para-hydroxylation sites is 2. The van der Waals surface area contributed by atoms with Crippen molar-refractivity contribution in [1.29, 1.82) is 5.26 Å². The molecule has 0 unspecified atom stereocenters. The number of benzene rings is 2. The summed E-state index contributed by atoms with van der Waals surface area (Å²) in [4.78, 5) is 17.2. The number of fused-ring (bicyclic) bond motifs is 2. The van der Waals surface area contributed by atoms with Crippen LogP contribution in [0.4, 0.5) is 0 Å². The average Bonchev–Trinajstić information content (AvgIpc) is 3.06. The third-order valence-electron chi connectivity index (χ3n) is 4.94. The fourth-order valence-electron chi connectivity index (χ4n) is 3.81. The zero-order valence-corrected chi connectivity index (χ0v) is 16.1. The molecule has 1 atom stereocenters. The average molecular weight is 375 g/mol. The molecule has 0 bridgehead atoms. The third kappa shape index (κ3) is 2.99. The Morgan fingerprint density at radius 2 is 2.14 bits per heavy atom. The van der Waals surface area contributed by atoms with Crippen LogP contribution in [0.3, 0.4) is 0 Å². The maximum absolute atomic E-state index is 12.7. The molecule has 0 N–H and O–H groups in total. The Kier molecular flexibility index (Phi) is 4.31. The maximum atomic E-state index is 12.7. The molecule has 3 aromatic rings. The molecule has 6 nitrogen and oxygen atoms in total. The minimum atomic E-state index is -0.469. The molecule has 1 aromatic heterocycles. The molecule has 142 valence electrons. The van der Waals surface area contributed by atoms with Crippen molar-refractivity contribution >= 4 is 17.0 Å². The van der Waals surface area contributed by atoms with E-state index in [-0.39, 0.29) is 18.5 Å². The Hall–Kier alpha value is -3.33. The van der Waals surface area contributed by atoms with E-state index in [1.165, 1.54) is 0 Å². The molecule has 0 spiro atoms. The third-order valence-corrected chi connectivity index (χ3v) is 4.94. The van der Waals surface area contributed by atoms with Gasteiger partial charge in [0.1, 0.15) is 11.4 Å². The highest BCUT2D eigenvalue weighted by atomic mass is 16.5. The number of esters is 1. The van der Waals surface area contributed by atoms with Crippen LogP contribution < -0.4 is 4.74 Å². The van der Waals surface area contributed by atoms with Crippen LogP contribution in [-0.2, 0) is 4.74 Å². The monoisotopic (exact) mass is 375 g/mol. The van der Waals surface area contributed by atoms with Crippen molar-refractivity contribution in [2.24, 2.45) is 0 Å². The van der Waals surface area contributed by atoms with Crippen molar-refractivity contribution in [3.05, 3.63) is 59.4 Å². The van der Waals surface area contributed by atoms with E-state index < -0.39 is 11.6 Å². The van der Waals surface area contributed by atoms with Gasteiger partial charge in [-0.3, -0.25) is 0 Å². The van der Waals surface area contributed by atoms with Crippen molar-refractivity contribution in [2.75, 3.05) is 6.61 Å². The van der Waals surface area contributed by atoms with Gasteiger partial charge in [-0.05, 0) is 45.0 Å². The van der Waals surface area contributed by atoms with Crippen LogP contribution in [0.15, 0.2) is 42.5 Å². The highest BCUT2D eigenvalue weighted by Crippen LogP contribution is 2.43. The quantitative estimate of drug-likeness (QED) is 0.640. The fraction of sp³-hybridized carbons (Fsp3) is 0.318. The molecule has 1 aliphatic heterocycles.